The molecule has 0 saturated heterocycles. The molecule has 0 aliphatic carbocycles. The zero-order chi connectivity index (χ0) is 12.8. The Kier molecular flexibility index (Phi) is 4.90. The minimum Gasteiger partial charge on any atom is -0.323 e. The van der Waals surface area contributed by atoms with Crippen molar-refractivity contribution in [3.05, 3.63) is 28.7 Å². The highest BCUT2D eigenvalue weighted by Gasteiger charge is 2.12. The van der Waals surface area contributed by atoms with E-state index in [-0.39, 0.29) is 11.5 Å². The van der Waals surface area contributed by atoms with Crippen LogP contribution in [0.4, 0.5) is 5.69 Å². The van der Waals surface area contributed by atoms with Crippen molar-refractivity contribution in [3.8, 4) is 0 Å². The summed E-state index contributed by atoms with van der Waals surface area (Å²) in [4.78, 5) is 22.8. The van der Waals surface area contributed by atoms with E-state index in [1.54, 1.807) is 19.3 Å². The van der Waals surface area contributed by atoms with Crippen LogP contribution in [0.5, 0.6) is 0 Å². The third-order valence-corrected chi connectivity index (χ3v) is 2.56. The maximum atomic E-state index is 11.7. The largest absolute Gasteiger partial charge is 0.323 e. The fraction of sp³-hybridized carbons (Fsp3) is 0.500. The van der Waals surface area contributed by atoms with Crippen molar-refractivity contribution in [2.75, 3.05) is 5.32 Å². The highest BCUT2D eigenvalue weighted by Crippen LogP contribution is 2.05. The summed E-state index contributed by atoms with van der Waals surface area (Å²) in [6, 6.07) is 2.49. The van der Waals surface area contributed by atoms with Gasteiger partial charge in [0.15, 0.2) is 0 Å². The van der Waals surface area contributed by atoms with Crippen molar-refractivity contribution in [3.63, 3.8) is 0 Å². The molecule has 5 heteroatoms. The number of anilines is 1. The Morgan fingerprint density at radius 1 is 1.53 bits per heavy atom. The Balaban J connectivity index is 2.61. The second-order valence-electron chi connectivity index (χ2n) is 4.10. The normalized spacial score (nSPS) is 12.2. The highest BCUT2D eigenvalue weighted by atomic mass is 16.2. The molecule has 0 aliphatic heterocycles. The maximum Gasteiger partial charge on any atom is 0.250 e. The lowest BCUT2D eigenvalue weighted by Crippen LogP contribution is -2.35. The summed E-state index contributed by atoms with van der Waals surface area (Å²) in [7, 11) is 1.63. The van der Waals surface area contributed by atoms with Crippen LogP contribution in [0.25, 0.3) is 0 Å². The average molecular weight is 237 g/mol. The van der Waals surface area contributed by atoms with Gasteiger partial charge in [0, 0.05) is 19.3 Å². The van der Waals surface area contributed by atoms with Crippen LogP contribution >= 0.6 is 0 Å². The van der Waals surface area contributed by atoms with Gasteiger partial charge in [-0.25, -0.2) is 0 Å². The lowest BCUT2D eigenvalue weighted by molar-refractivity contribution is -0.117. The van der Waals surface area contributed by atoms with Crippen LogP contribution in [-0.2, 0) is 11.8 Å². The molecule has 1 heterocycles. The minimum absolute atomic E-state index is 0.113. The number of aryl methyl sites for hydroxylation is 1. The molecule has 94 valence electrons. The van der Waals surface area contributed by atoms with E-state index in [0.29, 0.717) is 12.1 Å². The summed E-state index contributed by atoms with van der Waals surface area (Å²) in [5.74, 6) is -0.211. The third-order valence-electron chi connectivity index (χ3n) is 2.56. The van der Waals surface area contributed by atoms with Gasteiger partial charge in [0.2, 0.25) is 11.5 Å². The first-order valence-electron chi connectivity index (χ1n) is 5.77. The molecule has 3 N–H and O–H groups in total. The maximum absolute atomic E-state index is 11.7. The first-order chi connectivity index (χ1) is 8.04. The smallest absolute Gasteiger partial charge is 0.250 e. The van der Waals surface area contributed by atoms with Gasteiger partial charge in [0.25, 0.3) is 0 Å². The molecule has 0 radical (unpaired) electrons. The molecule has 0 aromatic carbocycles. The third kappa shape index (κ3) is 4.03. The van der Waals surface area contributed by atoms with Gasteiger partial charge in [0.1, 0.15) is 0 Å². The lowest BCUT2D eigenvalue weighted by atomic mass is 10.1. The molecule has 1 unspecified atom stereocenters. The molecule has 1 amide bonds. The number of unbranched alkanes of at least 4 members (excludes halogenated alkanes) is 1. The number of nitrogens with one attached hydrogen (secondary N) is 1. The first-order valence-corrected chi connectivity index (χ1v) is 5.77. The van der Waals surface area contributed by atoms with Crippen LogP contribution in [0.3, 0.4) is 0 Å². The van der Waals surface area contributed by atoms with Gasteiger partial charge in [-0.1, -0.05) is 19.8 Å². The van der Waals surface area contributed by atoms with Gasteiger partial charge in [-0.15, -0.1) is 0 Å². The second-order valence-corrected chi connectivity index (χ2v) is 4.10. The minimum atomic E-state index is -0.493. The quantitative estimate of drug-likeness (QED) is 0.796. The molecule has 1 rings (SSSR count). The van der Waals surface area contributed by atoms with Crippen LogP contribution in [0.1, 0.15) is 26.2 Å². The van der Waals surface area contributed by atoms with Crippen LogP contribution in [0.15, 0.2) is 23.1 Å². The van der Waals surface area contributed by atoms with E-state index in [0.717, 1.165) is 12.8 Å². The highest BCUT2D eigenvalue weighted by molar-refractivity contribution is 5.94. The van der Waals surface area contributed by atoms with E-state index >= 15 is 0 Å². The molecule has 0 aliphatic rings. The van der Waals surface area contributed by atoms with Crippen molar-refractivity contribution in [2.24, 2.45) is 12.8 Å². The zero-order valence-corrected chi connectivity index (χ0v) is 10.3. The van der Waals surface area contributed by atoms with Crippen LogP contribution in [0.2, 0.25) is 0 Å². The number of aromatic nitrogens is 1. The molecule has 1 aromatic heterocycles. The summed E-state index contributed by atoms with van der Waals surface area (Å²) in [6.07, 6.45) is 4.20. The molecule has 17 heavy (non-hydrogen) atoms. The number of nitrogens with two attached hydrogens (primary N) is 1. The Morgan fingerprint density at radius 3 is 2.82 bits per heavy atom. The molecule has 1 aromatic rings. The number of nitrogens with zero attached hydrogens (tertiary/aromatic N) is 1. The number of carbonyl (C=O) groups excluding carboxylic acids is 1. The monoisotopic (exact) mass is 237 g/mol. The fourth-order valence-corrected chi connectivity index (χ4v) is 1.46. The van der Waals surface area contributed by atoms with Crippen LogP contribution < -0.4 is 16.6 Å². The van der Waals surface area contributed by atoms with Crippen molar-refractivity contribution in [1.82, 2.24) is 4.57 Å². The number of hydrogen-bond donors (Lipinski definition) is 2. The Hall–Kier alpha value is -1.62. The number of pyridine rings is 1. The summed E-state index contributed by atoms with van der Waals surface area (Å²) >= 11 is 0. The molecule has 1 atom stereocenters. The number of hydrogen-bond acceptors (Lipinski definition) is 3. The van der Waals surface area contributed by atoms with Crippen LogP contribution in [-0.4, -0.2) is 16.5 Å². The zero-order valence-electron chi connectivity index (χ0n) is 10.3. The first kappa shape index (κ1) is 13.4. The van der Waals surface area contributed by atoms with Gasteiger partial charge < -0.3 is 15.6 Å². The summed E-state index contributed by atoms with van der Waals surface area (Å²) in [6.45, 7) is 2.05. The number of rotatable bonds is 5. The van der Waals surface area contributed by atoms with E-state index < -0.39 is 6.04 Å². The predicted molar refractivity (Wildman–Crippen MR) is 67.8 cm³/mol. The standard InChI is InChI=1S/C12H19N3O2/c1-3-4-5-10(13)12(17)14-9-6-7-11(16)15(2)8-9/h6-8,10H,3-5,13H2,1-2H3,(H,14,17). The SMILES string of the molecule is CCCCC(N)C(=O)Nc1ccc(=O)n(C)c1. The molecule has 5 nitrogen and oxygen atoms in total. The fourth-order valence-electron chi connectivity index (χ4n) is 1.46. The molecule has 0 saturated carbocycles. The van der Waals surface area contributed by atoms with Gasteiger partial charge in [-0.05, 0) is 12.5 Å². The van der Waals surface area contributed by atoms with E-state index in [2.05, 4.69) is 12.2 Å². The van der Waals surface area contributed by atoms with Gasteiger partial charge in [0.05, 0.1) is 11.7 Å². The van der Waals surface area contributed by atoms with Gasteiger partial charge in [-0.3, -0.25) is 9.59 Å². The number of carbonyl (C=O) groups is 1. The van der Waals surface area contributed by atoms with Crippen molar-refractivity contribution < 1.29 is 4.79 Å². The van der Waals surface area contributed by atoms with E-state index in [1.165, 1.54) is 10.6 Å². The summed E-state index contributed by atoms with van der Waals surface area (Å²) in [5.41, 5.74) is 6.21. The van der Waals surface area contributed by atoms with Crippen molar-refractivity contribution >= 4 is 11.6 Å². The molecule has 0 spiro atoms. The average Bonchev–Trinajstić information content (AvgIpc) is 2.30. The van der Waals surface area contributed by atoms with Gasteiger partial charge >= 0.3 is 0 Å². The molecule has 0 bridgehead atoms. The van der Waals surface area contributed by atoms with E-state index in [1.807, 2.05) is 0 Å². The van der Waals surface area contributed by atoms with Crippen molar-refractivity contribution in [2.45, 2.75) is 32.2 Å². The van der Waals surface area contributed by atoms with Crippen molar-refractivity contribution in [1.29, 1.82) is 0 Å². The van der Waals surface area contributed by atoms with E-state index in [9.17, 15) is 9.59 Å². The molecule has 0 fully saturated rings. The Bertz CT molecular complexity index is 440. The van der Waals surface area contributed by atoms with Gasteiger partial charge in [-0.2, -0.15) is 0 Å². The van der Waals surface area contributed by atoms with E-state index in [4.69, 9.17) is 5.73 Å². The molecular formula is C12H19N3O2. The predicted octanol–water partition coefficient (Wildman–Crippen LogP) is 0.841. The number of amides is 1. The Labute approximate surface area is 101 Å². The summed E-state index contributed by atoms with van der Waals surface area (Å²) in [5, 5.41) is 2.69. The van der Waals surface area contributed by atoms with Crippen LogP contribution in [0, 0.1) is 0 Å². The Morgan fingerprint density at radius 2 is 2.24 bits per heavy atom. The summed E-state index contributed by atoms with van der Waals surface area (Å²) < 4.78 is 1.41. The second kappa shape index (κ2) is 6.20. The molecular weight excluding hydrogens is 218 g/mol. The lowest BCUT2D eigenvalue weighted by Gasteiger charge is -2.12. The topological polar surface area (TPSA) is 77.1 Å².